The molecule has 1 heterocycles. The molecule has 0 aliphatic rings. The number of aromatic amines is 1. The van der Waals surface area contributed by atoms with E-state index in [-0.39, 0.29) is 44.5 Å². The van der Waals surface area contributed by atoms with Crippen LogP contribution in [0, 0.1) is 0 Å². The molecule has 0 aliphatic heterocycles. The summed E-state index contributed by atoms with van der Waals surface area (Å²) in [4.78, 5) is 27.1. The Morgan fingerprint density at radius 1 is 1.17 bits per heavy atom. The number of carbonyl (C=O) groups is 2. The van der Waals surface area contributed by atoms with Gasteiger partial charge in [-0.25, -0.2) is 4.79 Å². The van der Waals surface area contributed by atoms with E-state index in [1.54, 1.807) is 12.1 Å². The number of carbonyl (C=O) groups excluding carboxylic acids is 2. The van der Waals surface area contributed by atoms with Crippen LogP contribution in [0.25, 0.3) is 11.1 Å². The zero-order valence-corrected chi connectivity index (χ0v) is 18.2. The number of rotatable bonds is 10. The van der Waals surface area contributed by atoms with E-state index in [2.05, 4.69) is 26.2 Å². The van der Waals surface area contributed by atoms with Crippen molar-refractivity contribution in [2.45, 2.75) is 39.7 Å². The van der Waals surface area contributed by atoms with Crippen molar-refractivity contribution in [3.05, 3.63) is 44.7 Å². The van der Waals surface area contributed by atoms with Crippen molar-refractivity contribution in [3.63, 3.8) is 0 Å². The third-order valence-corrected chi connectivity index (χ3v) is 5.38. The largest absolute Gasteiger partial charge is 0.461 e. The van der Waals surface area contributed by atoms with Crippen molar-refractivity contribution < 1.29 is 29.6 Å². The van der Waals surface area contributed by atoms with Gasteiger partial charge in [0.05, 0.1) is 44.0 Å². The van der Waals surface area contributed by atoms with E-state index in [1.165, 1.54) is 0 Å². The first-order valence-electron chi connectivity index (χ1n) is 9.44. The first kappa shape index (κ1) is 24.0. The molecule has 10 heteroatoms. The summed E-state index contributed by atoms with van der Waals surface area (Å²) in [5, 5.41) is 32.0. The first-order chi connectivity index (χ1) is 14.4. The van der Waals surface area contributed by atoms with Crippen LogP contribution >= 0.6 is 15.9 Å². The second kappa shape index (κ2) is 11.2. The number of H-pyrrole nitrogens is 1. The molecule has 0 radical (unpaired) electrons. The van der Waals surface area contributed by atoms with E-state index in [4.69, 9.17) is 10.5 Å². The first-order valence-corrected chi connectivity index (χ1v) is 10.2. The van der Waals surface area contributed by atoms with Gasteiger partial charge in [0.1, 0.15) is 5.69 Å². The smallest absolute Gasteiger partial charge is 0.355 e. The average molecular weight is 484 g/mol. The molecule has 0 aliphatic carbocycles. The Balaban J connectivity index is 2.66. The number of esters is 1. The van der Waals surface area contributed by atoms with Crippen LogP contribution in [0.5, 0.6) is 0 Å². The summed E-state index contributed by atoms with van der Waals surface area (Å²) in [5.41, 5.74) is 8.35. The minimum atomic E-state index is -0.568. The lowest BCUT2D eigenvalue weighted by atomic mass is 9.92. The molecule has 9 nitrogen and oxygen atoms in total. The molecule has 1 aromatic heterocycles. The molecular weight excluding hydrogens is 458 g/mol. The second-order valence-corrected chi connectivity index (χ2v) is 7.28. The lowest BCUT2D eigenvalue weighted by Gasteiger charge is -2.16. The van der Waals surface area contributed by atoms with E-state index in [1.807, 2.05) is 6.92 Å². The Morgan fingerprint density at radius 2 is 1.87 bits per heavy atom. The topological polar surface area (TPSA) is 158 Å². The Bertz CT molecular complexity index is 912. The maximum Gasteiger partial charge on any atom is 0.355 e. The molecule has 0 fully saturated rings. The standard InChI is InChI=1S/C20H26BrN3O6/c1-2-5-30-20(29)19-18(21)17(15(24-19)7-23-16(28)6-22)12-4-3-11(8-25)13(9-26)14(12)10-27/h3-4,24-27H,2,5-10,22H2,1H3,(H,23,28). The highest BCUT2D eigenvalue weighted by Gasteiger charge is 2.25. The number of aromatic nitrogens is 1. The predicted molar refractivity (Wildman–Crippen MR) is 113 cm³/mol. The molecule has 1 amide bonds. The number of ether oxygens (including phenoxy) is 1. The third-order valence-electron chi connectivity index (χ3n) is 4.59. The third kappa shape index (κ3) is 5.08. The molecule has 2 rings (SSSR count). The Morgan fingerprint density at radius 3 is 2.43 bits per heavy atom. The fraction of sp³-hybridized carbons (Fsp3) is 0.400. The van der Waals surface area contributed by atoms with E-state index in [0.29, 0.717) is 44.4 Å². The highest BCUT2D eigenvalue weighted by atomic mass is 79.9. The molecule has 0 saturated heterocycles. The van der Waals surface area contributed by atoms with Crippen molar-refractivity contribution in [2.24, 2.45) is 5.73 Å². The van der Waals surface area contributed by atoms with Crippen LogP contribution in [0.4, 0.5) is 0 Å². The van der Waals surface area contributed by atoms with Gasteiger partial charge in [-0.2, -0.15) is 0 Å². The predicted octanol–water partition coefficient (Wildman–Crippen LogP) is 1.06. The molecule has 2 aromatic rings. The van der Waals surface area contributed by atoms with Crippen molar-refractivity contribution in [2.75, 3.05) is 13.2 Å². The maximum atomic E-state index is 12.5. The Kier molecular flexibility index (Phi) is 9.00. The summed E-state index contributed by atoms with van der Waals surface area (Å²) in [5.74, 6) is -0.947. The number of hydrogen-bond donors (Lipinski definition) is 6. The van der Waals surface area contributed by atoms with Gasteiger partial charge < -0.3 is 36.1 Å². The van der Waals surface area contributed by atoms with Crippen molar-refractivity contribution >= 4 is 27.8 Å². The van der Waals surface area contributed by atoms with Crippen LogP contribution in [-0.2, 0) is 35.9 Å². The van der Waals surface area contributed by atoms with E-state index >= 15 is 0 Å². The minimum Gasteiger partial charge on any atom is -0.461 e. The average Bonchev–Trinajstić information content (AvgIpc) is 3.10. The summed E-state index contributed by atoms with van der Waals surface area (Å²) in [6.07, 6.45) is 0.660. The second-order valence-electron chi connectivity index (χ2n) is 6.49. The van der Waals surface area contributed by atoms with E-state index < -0.39 is 12.6 Å². The van der Waals surface area contributed by atoms with Gasteiger partial charge in [0.25, 0.3) is 0 Å². The molecule has 0 unspecified atom stereocenters. The van der Waals surface area contributed by atoms with Crippen LogP contribution < -0.4 is 11.1 Å². The lowest BCUT2D eigenvalue weighted by molar-refractivity contribution is -0.119. The van der Waals surface area contributed by atoms with Crippen LogP contribution in [0.15, 0.2) is 16.6 Å². The number of nitrogens with two attached hydrogens (primary N) is 1. The Labute approximate surface area is 182 Å². The zero-order chi connectivity index (χ0) is 22.3. The summed E-state index contributed by atoms with van der Waals surface area (Å²) in [7, 11) is 0. The fourth-order valence-corrected chi connectivity index (χ4v) is 3.82. The molecule has 7 N–H and O–H groups in total. The molecule has 30 heavy (non-hydrogen) atoms. The highest BCUT2D eigenvalue weighted by Crippen LogP contribution is 2.39. The van der Waals surface area contributed by atoms with Gasteiger partial charge in [0.15, 0.2) is 0 Å². The summed E-state index contributed by atoms with van der Waals surface area (Å²) in [6, 6.07) is 3.32. The van der Waals surface area contributed by atoms with Crippen LogP contribution in [0.2, 0.25) is 0 Å². The molecular formula is C20H26BrN3O6. The SMILES string of the molecule is CCCOC(=O)c1[nH]c(CNC(=O)CN)c(-c2ccc(CO)c(CO)c2CO)c1Br. The van der Waals surface area contributed by atoms with Gasteiger partial charge >= 0.3 is 5.97 Å². The quantitative estimate of drug-likeness (QED) is 0.275. The number of aliphatic hydroxyl groups excluding tert-OH is 3. The van der Waals surface area contributed by atoms with Crippen LogP contribution in [-0.4, -0.2) is 45.3 Å². The van der Waals surface area contributed by atoms with Crippen molar-refractivity contribution in [1.29, 1.82) is 0 Å². The van der Waals surface area contributed by atoms with Crippen molar-refractivity contribution in [3.8, 4) is 11.1 Å². The molecule has 0 spiro atoms. The van der Waals surface area contributed by atoms with Gasteiger partial charge in [-0.3, -0.25) is 4.79 Å². The number of aliphatic hydroxyl groups is 3. The number of amides is 1. The minimum absolute atomic E-state index is 0.0477. The van der Waals surface area contributed by atoms with Gasteiger partial charge in [0, 0.05) is 11.3 Å². The molecule has 1 aromatic carbocycles. The molecule has 164 valence electrons. The monoisotopic (exact) mass is 483 g/mol. The van der Waals surface area contributed by atoms with Gasteiger partial charge in [-0.05, 0) is 44.6 Å². The number of halogens is 1. The van der Waals surface area contributed by atoms with Crippen LogP contribution in [0.1, 0.15) is 46.2 Å². The summed E-state index contributed by atoms with van der Waals surface area (Å²) < 4.78 is 5.62. The molecule has 0 atom stereocenters. The van der Waals surface area contributed by atoms with Crippen molar-refractivity contribution in [1.82, 2.24) is 10.3 Å². The number of benzene rings is 1. The van der Waals surface area contributed by atoms with Gasteiger partial charge in [0.2, 0.25) is 5.91 Å². The summed E-state index contributed by atoms with van der Waals surface area (Å²) in [6.45, 7) is 0.901. The van der Waals surface area contributed by atoms with Gasteiger partial charge in [-0.15, -0.1) is 0 Å². The zero-order valence-electron chi connectivity index (χ0n) is 16.6. The summed E-state index contributed by atoms with van der Waals surface area (Å²) >= 11 is 3.44. The normalized spacial score (nSPS) is 10.9. The Hall–Kier alpha value is -2.24. The maximum absolute atomic E-state index is 12.5. The lowest BCUT2D eigenvalue weighted by Crippen LogP contribution is -2.30. The van der Waals surface area contributed by atoms with E-state index in [9.17, 15) is 24.9 Å². The van der Waals surface area contributed by atoms with E-state index in [0.717, 1.165) is 0 Å². The molecule has 0 saturated carbocycles. The number of hydrogen-bond acceptors (Lipinski definition) is 7. The fourth-order valence-electron chi connectivity index (χ4n) is 3.11. The highest BCUT2D eigenvalue weighted by molar-refractivity contribution is 9.10. The molecule has 0 bridgehead atoms. The van der Waals surface area contributed by atoms with Crippen LogP contribution in [0.3, 0.4) is 0 Å². The number of nitrogens with one attached hydrogen (secondary N) is 2. The van der Waals surface area contributed by atoms with Gasteiger partial charge in [-0.1, -0.05) is 19.1 Å².